The van der Waals surface area contributed by atoms with Crippen LogP contribution < -0.4 is 0 Å². The van der Waals surface area contributed by atoms with Crippen molar-refractivity contribution in [1.29, 1.82) is 5.26 Å². The molecule has 6 heteroatoms. The van der Waals surface area contributed by atoms with Gasteiger partial charge in [-0.1, -0.05) is 27.5 Å². The van der Waals surface area contributed by atoms with Crippen molar-refractivity contribution in [3.8, 4) is 6.07 Å². The Bertz CT molecular complexity index is 390. The third kappa shape index (κ3) is 2.02. The summed E-state index contributed by atoms with van der Waals surface area (Å²) in [7, 11) is 0. The van der Waals surface area contributed by atoms with E-state index >= 15 is 0 Å². The van der Waals surface area contributed by atoms with Gasteiger partial charge < -0.3 is 0 Å². The van der Waals surface area contributed by atoms with Crippen LogP contribution in [0, 0.1) is 11.3 Å². The van der Waals surface area contributed by atoms with E-state index in [1.54, 1.807) is 6.07 Å². The molecule has 0 aromatic carbocycles. The van der Waals surface area contributed by atoms with Gasteiger partial charge in [-0.2, -0.15) is 5.26 Å². The second-order valence-corrected chi connectivity index (χ2v) is 3.34. The Kier molecular flexibility index (Phi) is 3.78. The highest BCUT2D eigenvalue weighted by Gasteiger charge is 2.20. The van der Waals surface area contributed by atoms with E-state index in [1.807, 2.05) is 0 Å². The molecule has 1 aromatic heterocycles. The Hall–Kier alpha value is -0.730. The first-order valence-corrected chi connectivity index (χ1v) is 5.03. The Morgan fingerprint density at radius 2 is 2.29 bits per heavy atom. The first kappa shape index (κ1) is 11.3. The number of hydrogen-bond donors (Lipinski definition) is 0. The molecule has 0 N–H and O–H groups in total. The highest BCUT2D eigenvalue weighted by atomic mass is 79.9. The van der Waals surface area contributed by atoms with Crippen molar-refractivity contribution in [2.75, 3.05) is 0 Å². The van der Waals surface area contributed by atoms with E-state index in [2.05, 4.69) is 20.9 Å². The zero-order valence-electron chi connectivity index (χ0n) is 6.77. The average Bonchev–Trinajstić information content (AvgIpc) is 2.16. The summed E-state index contributed by atoms with van der Waals surface area (Å²) in [6.07, 6.45) is -1.48. The van der Waals surface area contributed by atoms with E-state index in [4.69, 9.17) is 16.9 Å². The molecule has 14 heavy (non-hydrogen) atoms. The molecule has 0 unspecified atom stereocenters. The minimum atomic E-state index is -2.70. The van der Waals surface area contributed by atoms with Crippen LogP contribution in [0.15, 0.2) is 6.20 Å². The average molecular weight is 281 g/mol. The SMILES string of the molecule is N#Cc1ncc(CBr)c(C(F)F)c1Cl. The maximum atomic E-state index is 12.5. The number of nitrogens with zero attached hydrogens (tertiary/aromatic N) is 2. The molecular weight excluding hydrogens is 277 g/mol. The smallest absolute Gasteiger partial charge is 0.244 e. The van der Waals surface area contributed by atoms with Crippen molar-refractivity contribution in [3.05, 3.63) is 28.0 Å². The lowest BCUT2D eigenvalue weighted by Crippen LogP contribution is -1.98. The third-order valence-corrected chi connectivity index (χ3v) is 2.59. The first-order valence-electron chi connectivity index (χ1n) is 3.53. The van der Waals surface area contributed by atoms with Crippen LogP contribution in [0.1, 0.15) is 23.2 Å². The maximum Gasteiger partial charge on any atom is 0.265 e. The second-order valence-electron chi connectivity index (χ2n) is 2.41. The van der Waals surface area contributed by atoms with Gasteiger partial charge in [0.25, 0.3) is 6.43 Å². The minimum absolute atomic E-state index is 0.174. The standard InChI is InChI=1S/C8H4BrClF2N2/c9-1-4-3-14-5(2-13)7(10)6(4)8(11)12/h3,8H,1H2. The molecule has 0 atom stereocenters. The number of aromatic nitrogens is 1. The van der Waals surface area contributed by atoms with Crippen molar-refractivity contribution in [1.82, 2.24) is 4.98 Å². The lowest BCUT2D eigenvalue weighted by atomic mass is 10.1. The molecule has 0 spiro atoms. The third-order valence-electron chi connectivity index (χ3n) is 1.61. The Morgan fingerprint density at radius 1 is 1.64 bits per heavy atom. The summed E-state index contributed by atoms with van der Waals surface area (Å²) in [5.74, 6) is 0. The number of rotatable bonds is 2. The van der Waals surface area contributed by atoms with Crippen LogP contribution in [-0.2, 0) is 5.33 Å². The Labute approximate surface area is 92.6 Å². The van der Waals surface area contributed by atoms with Crippen molar-refractivity contribution in [3.63, 3.8) is 0 Å². The van der Waals surface area contributed by atoms with Crippen LogP contribution >= 0.6 is 27.5 Å². The normalized spacial score (nSPS) is 10.3. The summed E-state index contributed by atoms with van der Waals surface area (Å²) in [5, 5.41) is 8.50. The lowest BCUT2D eigenvalue weighted by Gasteiger charge is -2.08. The monoisotopic (exact) mass is 280 g/mol. The van der Waals surface area contributed by atoms with Crippen LogP contribution in [0.25, 0.3) is 0 Å². The maximum absolute atomic E-state index is 12.5. The number of alkyl halides is 3. The predicted octanol–water partition coefficient (Wildman–Crippen LogP) is 3.44. The summed E-state index contributed by atoms with van der Waals surface area (Å²) in [5.41, 5.74) is -0.203. The van der Waals surface area contributed by atoms with Gasteiger partial charge in [-0.3, -0.25) is 0 Å². The van der Waals surface area contributed by atoms with Crippen LogP contribution in [-0.4, -0.2) is 4.98 Å². The quantitative estimate of drug-likeness (QED) is 0.779. The summed E-state index contributed by atoms with van der Waals surface area (Å²) in [4.78, 5) is 3.65. The highest BCUT2D eigenvalue weighted by Crippen LogP contribution is 2.32. The van der Waals surface area contributed by atoms with Gasteiger partial charge in [0, 0.05) is 17.1 Å². The zero-order valence-corrected chi connectivity index (χ0v) is 9.11. The number of pyridine rings is 1. The van der Waals surface area contributed by atoms with E-state index < -0.39 is 6.43 Å². The molecule has 0 saturated heterocycles. The van der Waals surface area contributed by atoms with Crippen LogP contribution in [0.2, 0.25) is 5.02 Å². The fourth-order valence-corrected chi connectivity index (χ4v) is 1.70. The van der Waals surface area contributed by atoms with E-state index in [0.717, 1.165) is 0 Å². The van der Waals surface area contributed by atoms with E-state index in [1.165, 1.54) is 6.20 Å². The molecule has 74 valence electrons. The van der Waals surface area contributed by atoms with Crippen molar-refractivity contribution >= 4 is 27.5 Å². The van der Waals surface area contributed by atoms with Gasteiger partial charge in [-0.25, -0.2) is 13.8 Å². The largest absolute Gasteiger partial charge is 0.265 e. The summed E-state index contributed by atoms with van der Waals surface area (Å²) in [6, 6.07) is 1.65. The molecule has 0 saturated carbocycles. The molecule has 0 aliphatic heterocycles. The van der Waals surface area contributed by atoms with Gasteiger partial charge >= 0.3 is 0 Å². The topological polar surface area (TPSA) is 36.7 Å². The molecule has 1 heterocycles. The zero-order chi connectivity index (χ0) is 10.7. The Morgan fingerprint density at radius 3 is 2.71 bits per heavy atom. The molecule has 0 amide bonds. The van der Waals surface area contributed by atoms with Gasteiger partial charge in [0.2, 0.25) is 0 Å². The summed E-state index contributed by atoms with van der Waals surface area (Å²) >= 11 is 8.64. The fourth-order valence-electron chi connectivity index (χ4n) is 0.958. The lowest BCUT2D eigenvalue weighted by molar-refractivity contribution is 0.150. The van der Waals surface area contributed by atoms with E-state index in [-0.39, 0.29) is 21.6 Å². The van der Waals surface area contributed by atoms with E-state index in [9.17, 15) is 8.78 Å². The number of nitriles is 1. The number of halogens is 4. The van der Waals surface area contributed by atoms with E-state index in [0.29, 0.717) is 5.56 Å². The highest BCUT2D eigenvalue weighted by molar-refractivity contribution is 9.08. The second kappa shape index (κ2) is 4.67. The summed E-state index contributed by atoms with van der Waals surface area (Å²) in [6.45, 7) is 0. The van der Waals surface area contributed by atoms with Gasteiger partial charge in [-0.15, -0.1) is 0 Å². The van der Waals surface area contributed by atoms with Crippen molar-refractivity contribution in [2.45, 2.75) is 11.8 Å². The molecule has 1 rings (SSSR count). The molecule has 0 bridgehead atoms. The first-order chi connectivity index (χ1) is 6.61. The molecule has 1 aromatic rings. The van der Waals surface area contributed by atoms with Crippen LogP contribution in [0.5, 0.6) is 0 Å². The summed E-state index contributed by atoms with van der Waals surface area (Å²) < 4.78 is 25.1. The molecule has 0 aliphatic rings. The molecular formula is C8H4BrClF2N2. The van der Waals surface area contributed by atoms with Gasteiger partial charge in [0.1, 0.15) is 6.07 Å². The predicted molar refractivity (Wildman–Crippen MR) is 51.6 cm³/mol. The van der Waals surface area contributed by atoms with Gasteiger partial charge in [0.05, 0.1) is 5.02 Å². The van der Waals surface area contributed by atoms with Crippen molar-refractivity contribution in [2.24, 2.45) is 0 Å². The molecule has 0 radical (unpaired) electrons. The fraction of sp³-hybridized carbons (Fsp3) is 0.250. The molecule has 2 nitrogen and oxygen atoms in total. The molecule has 0 fully saturated rings. The Balaban J connectivity index is 3.41. The van der Waals surface area contributed by atoms with Gasteiger partial charge in [0.15, 0.2) is 5.69 Å². The van der Waals surface area contributed by atoms with Crippen LogP contribution in [0.4, 0.5) is 8.78 Å². The number of hydrogen-bond acceptors (Lipinski definition) is 2. The van der Waals surface area contributed by atoms with Crippen molar-refractivity contribution < 1.29 is 8.78 Å². The van der Waals surface area contributed by atoms with Crippen LogP contribution in [0.3, 0.4) is 0 Å². The minimum Gasteiger partial charge on any atom is -0.244 e. The van der Waals surface area contributed by atoms with Gasteiger partial charge in [-0.05, 0) is 5.56 Å². The molecule has 0 aliphatic carbocycles.